The van der Waals surface area contributed by atoms with E-state index >= 15 is 0 Å². The van der Waals surface area contributed by atoms with Gasteiger partial charge >= 0.3 is 0 Å². The van der Waals surface area contributed by atoms with Gasteiger partial charge < -0.3 is 10.1 Å². The molecule has 1 N–H and O–H groups in total. The average molecular weight is 280 g/mol. The first-order valence-electron chi connectivity index (χ1n) is 7.46. The zero-order valence-corrected chi connectivity index (χ0v) is 12.3. The number of ether oxygens (including phenoxy) is 1. The van der Waals surface area contributed by atoms with E-state index < -0.39 is 0 Å². The monoisotopic (exact) mass is 279 g/mol. The van der Waals surface area contributed by atoms with Crippen molar-refractivity contribution in [3.63, 3.8) is 0 Å². The molecule has 1 aromatic carbocycles. The van der Waals surface area contributed by atoms with Crippen LogP contribution in [-0.4, -0.2) is 13.2 Å². The van der Waals surface area contributed by atoms with Crippen LogP contribution in [0.3, 0.4) is 0 Å². The summed E-state index contributed by atoms with van der Waals surface area (Å²) < 4.78 is 5.85. The van der Waals surface area contributed by atoms with Crippen LogP contribution in [0, 0.1) is 5.92 Å². The molecule has 104 valence electrons. The molecule has 3 rings (SSSR count). The fraction of sp³-hybridized carbons (Fsp3) is 0.625. The molecule has 1 aliphatic carbocycles. The Bertz CT molecular complexity index is 456. The third-order valence-corrected chi connectivity index (χ3v) is 4.62. The lowest BCUT2D eigenvalue weighted by Gasteiger charge is -2.31. The van der Waals surface area contributed by atoms with Gasteiger partial charge in [0.1, 0.15) is 5.75 Å². The molecule has 0 radical (unpaired) electrons. The molecule has 2 aliphatic rings. The van der Waals surface area contributed by atoms with E-state index in [1.165, 1.54) is 36.8 Å². The summed E-state index contributed by atoms with van der Waals surface area (Å²) in [6.07, 6.45) is 6.36. The summed E-state index contributed by atoms with van der Waals surface area (Å²) in [7, 11) is 0. The van der Waals surface area contributed by atoms with Crippen molar-refractivity contribution >= 4 is 11.6 Å². The summed E-state index contributed by atoms with van der Waals surface area (Å²) in [5.41, 5.74) is 2.55. The van der Waals surface area contributed by atoms with Crippen molar-refractivity contribution in [2.75, 3.05) is 13.2 Å². The maximum atomic E-state index is 6.27. The van der Waals surface area contributed by atoms with Gasteiger partial charge in [-0.3, -0.25) is 0 Å². The molecule has 2 nitrogen and oxygen atoms in total. The Balaban J connectivity index is 1.88. The highest BCUT2D eigenvalue weighted by molar-refractivity contribution is 6.30. The first-order chi connectivity index (χ1) is 9.28. The molecule has 1 unspecified atom stereocenters. The van der Waals surface area contributed by atoms with Crippen LogP contribution in [0.1, 0.15) is 49.8 Å². The van der Waals surface area contributed by atoms with Gasteiger partial charge in [-0.25, -0.2) is 0 Å². The Hall–Kier alpha value is -0.730. The van der Waals surface area contributed by atoms with E-state index in [1.807, 2.05) is 0 Å². The van der Waals surface area contributed by atoms with Crippen LogP contribution in [0.4, 0.5) is 0 Å². The number of hydrogen-bond donors (Lipinski definition) is 1. The fourth-order valence-corrected chi connectivity index (χ4v) is 3.43. The second-order valence-corrected chi connectivity index (χ2v) is 6.16. The van der Waals surface area contributed by atoms with Crippen molar-refractivity contribution in [1.29, 1.82) is 0 Å². The number of halogens is 1. The molecule has 3 heteroatoms. The number of rotatable bonds is 5. The summed E-state index contributed by atoms with van der Waals surface area (Å²) in [6, 6.07) is 4.54. The maximum Gasteiger partial charge on any atom is 0.127 e. The predicted octanol–water partition coefficient (Wildman–Crippen LogP) is 4.12. The van der Waals surface area contributed by atoms with Gasteiger partial charge in [-0.2, -0.15) is 0 Å². The summed E-state index contributed by atoms with van der Waals surface area (Å²) in [5.74, 6) is 1.97. The second kappa shape index (κ2) is 5.72. The maximum absolute atomic E-state index is 6.27. The second-order valence-electron chi connectivity index (χ2n) is 5.72. The fourth-order valence-electron chi connectivity index (χ4n) is 3.19. The van der Waals surface area contributed by atoms with E-state index in [4.69, 9.17) is 16.3 Å². The average Bonchev–Trinajstić information content (AvgIpc) is 2.79. The lowest BCUT2D eigenvalue weighted by molar-refractivity contribution is 0.258. The molecular formula is C16H22ClNO. The highest BCUT2D eigenvalue weighted by Crippen LogP contribution is 2.41. The Kier molecular flexibility index (Phi) is 3.99. The number of fused-ring (bicyclic) bond motifs is 1. The van der Waals surface area contributed by atoms with Crippen LogP contribution in [0.25, 0.3) is 0 Å². The smallest absolute Gasteiger partial charge is 0.127 e. The van der Waals surface area contributed by atoms with E-state index in [1.54, 1.807) is 0 Å². The van der Waals surface area contributed by atoms with Crippen LogP contribution < -0.4 is 10.1 Å². The molecule has 1 atom stereocenters. The minimum absolute atomic E-state index is 0.390. The van der Waals surface area contributed by atoms with E-state index in [9.17, 15) is 0 Å². The molecule has 1 aliphatic heterocycles. The topological polar surface area (TPSA) is 21.3 Å². The third-order valence-electron chi connectivity index (χ3n) is 4.40. The molecule has 19 heavy (non-hydrogen) atoms. The Labute approximate surface area is 120 Å². The number of nitrogens with one attached hydrogen (secondary N) is 1. The molecule has 1 saturated carbocycles. The predicted molar refractivity (Wildman–Crippen MR) is 79.0 cm³/mol. The summed E-state index contributed by atoms with van der Waals surface area (Å²) in [5, 5.41) is 4.46. The van der Waals surface area contributed by atoms with Gasteiger partial charge in [0.15, 0.2) is 0 Å². The molecule has 0 aromatic heterocycles. The summed E-state index contributed by atoms with van der Waals surface area (Å²) >= 11 is 6.27. The summed E-state index contributed by atoms with van der Waals surface area (Å²) in [6.45, 7) is 3.95. The highest BCUT2D eigenvalue weighted by Gasteiger charge is 2.27. The molecular weight excluding hydrogens is 258 g/mol. The first kappa shape index (κ1) is 13.3. The zero-order valence-electron chi connectivity index (χ0n) is 11.5. The van der Waals surface area contributed by atoms with Crippen LogP contribution in [0.2, 0.25) is 5.02 Å². The molecule has 0 saturated heterocycles. The molecule has 1 aromatic rings. The molecule has 0 spiro atoms. The number of hydrogen-bond acceptors (Lipinski definition) is 2. The molecule has 0 amide bonds. The van der Waals surface area contributed by atoms with E-state index in [-0.39, 0.29) is 0 Å². The van der Waals surface area contributed by atoms with Gasteiger partial charge in [0, 0.05) is 23.0 Å². The SMILES string of the molecule is CCNC(CC1CCC1)c1cc(Cl)cc2c1OCC2. The lowest BCUT2D eigenvalue weighted by Crippen LogP contribution is -2.26. The minimum atomic E-state index is 0.390. The van der Waals surface area contributed by atoms with Gasteiger partial charge in [-0.15, -0.1) is 0 Å². The van der Waals surface area contributed by atoms with E-state index in [0.29, 0.717) is 6.04 Å². The van der Waals surface area contributed by atoms with Gasteiger partial charge in [0.2, 0.25) is 0 Å². The van der Waals surface area contributed by atoms with E-state index in [0.717, 1.165) is 36.3 Å². The van der Waals surface area contributed by atoms with Gasteiger partial charge in [-0.1, -0.05) is 37.8 Å². The highest BCUT2D eigenvalue weighted by atomic mass is 35.5. The Morgan fingerprint density at radius 2 is 2.26 bits per heavy atom. The lowest BCUT2D eigenvalue weighted by atomic mass is 9.79. The van der Waals surface area contributed by atoms with Gasteiger partial charge in [0.25, 0.3) is 0 Å². The quantitative estimate of drug-likeness (QED) is 0.876. The van der Waals surface area contributed by atoms with Crippen molar-refractivity contribution in [1.82, 2.24) is 5.32 Å². The van der Waals surface area contributed by atoms with Crippen LogP contribution in [0.15, 0.2) is 12.1 Å². The number of benzene rings is 1. The Morgan fingerprint density at radius 1 is 1.42 bits per heavy atom. The van der Waals surface area contributed by atoms with Crippen molar-refractivity contribution in [2.45, 2.75) is 45.1 Å². The molecule has 0 bridgehead atoms. The normalized spacial score (nSPS) is 19.7. The van der Waals surface area contributed by atoms with Crippen LogP contribution in [0.5, 0.6) is 5.75 Å². The zero-order chi connectivity index (χ0) is 13.2. The van der Waals surface area contributed by atoms with Crippen molar-refractivity contribution in [3.8, 4) is 5.75 Å². The standard InChI is InChI=1S/C16H22ClNO/c1-2-18-15(8-11-4-3-5-11)14-10-13(17)9-12-6-7-19-16(12)14/h9-11,15,18H,2-8H2,1H3. The van der Waals surface area contributed by atoms with Crippen molar-refractivity contribution in [3.05, 3.63) is 28.3 Å². The van der Waals surface area contributed by atoms with Gasteiger partial charge in [-0.05, 0) is 36.6 Å². The Morgan fingerprint density at radius 3 is 2.95 bits per heavy atom. The third kappa shape index (κ3) is 2.75. The van der Waals surface area contributed by atoms with Crippen LogP contribution >= 0.6 is 11.6 Å². The largest absolute Gasteiger partial charge is 0.493 e. The molecule has 1 heterocycles. The summed E-state index contributed by atoms with van der Waals surface area (Å²) in [4.78, 5) is 0. The van der Waals surface area contributed by atoms with Crippen LogP contribution in [-0.2, 0) is 6.42 Å². The van der Waals surface area contributed by atoms with Crippen molar-refractivity contribution in [2.24, 2.45) is 5.92 Å². The van der Waals surface area contributed by atoms with Gasteiger partial charge in [0.05, 0.1) is 6.61 Å². The minimum Gasteiger partial charge on any atom is -0.493 e. The van der Waals surface area contributed by atoms with Crippen molar-refractivity contribution < 1.29 is 4.74 Å². The van der Waals surface area contributed by atoms with E-state index in [2.05, 4.69) is 24.4 Å². The molecule has 1 fully saturated rings. The first-order valence-corrected chi connectivity index (χ1v) is 7.84.